The standard InChI is InChI=1S/C15H23ClFNO/c1-15(2,3)14(7-8-16)18-10-11-5-6-12(19-4)9-13(11)17/h5-6,9,14,18H,7-8,10H2,1-4H3. The zero-order valence-electron chi connectivity index (χ0n) is 12.1. The second kappa shape index (κ2) is 7.11. The molecule has 0 aliphatic heterocycles. The molecule has 1 rings (SSSR count). The molecule has 1 aromatic rings. The Kier molecular flexibility index (Phi) is 6.08. The van der Waals surface area contributed by atoms with Crippen LogP contribution in [0.4, 0.5) is 4.39 Å². The monoisotopic (exact) mass is 287 g/mol. The second-order valence-electron chi connectivity index (χ2n) is 5.73. The molecule has 0 amide bonds. The minimum absolute atomic E-state index is 0.0951. The van der Waals surface area contributed by atoms with E-state index < -0.39 is 0 Å². The molecule has 0 saturated heterocycles. The molecule has 0 radical (unpaired) electrons. The number of alkyl halides is 1. The van der Waals surface area contributed by atoms with Crippen LogP contribution in [-0.2, 0) is 6.54 Å². The zero-order valence-corrected chi connectivity index (χ0v) is 12.9. The summed E-state index contributed by atoms with van der Waals surface area (Å²) in [5, 5.41) is 3.39. The van der Waals surface area contributed by atoms with Gasteiger partial charge in [-0.05, 0) is 17.9 Å². The van der Waals surface area contributed by atoms with Gasteiger partial charge in [0.25, 0.3) is 0 Å². The molecular formula is C15H23ClFNO. The number of hydrogen-bond donors (Lipinski definition) is 1. The fraction of sp³-hybridized carbons (Fsp3) is 0.600. The highest BCUT2D eigenvalue weighted by Gasteiger charge is 2.23. The third-order valence-electron chi connectivity index (χ3n) is 3.24. The lowest BCUT2D eigenvalue weighted by Crippen LogP contribution is -2.40. The predicted octanol–water partition coefficient (Wildman–Crippen LogP) is 3.97. The quantitative estimate of drug-likeness (QED) is 0.800. The van der Waals surface area contributed by atoms with Crippen molar-refractivity contribution in [2.24, 2.45) is 5.41 Å². The lowest BCUT2D eigenvalue weighted by molar-refractivity contribution is 0.259. The van der Waals surface area contributed by atoms with E-state index in [4.69, 9.17) is 16.3 Å². The third kappa shape index (κ3) is 5.00. The van der Waals surface area contributed by atoms with Crippen LogP contribution in [0.3, 0.4) is 0 Å². The van der Waals surface area contributed by atoms with Crippen molar-refractivity contribution in [1.29, 1.82) is 0 Å². The van der Waals surface area contributed by atoms with Gasteiger partial charge in [-0.3, -0.25) is 0 Å². The van der Waals surface area contributed by atoms with Crippen molar-refractivity contribution in [2.75, 3.05) is 13.0 Å². The average Bonchev–Trinajstić information content (AvgIpc) is 2.34. The van der Waals surface area contributed by atoms with E-state index in [9.17, 15) is 4.39 Å². The van der Waals surface area contributed by atoms with Gasteiger partial charge in [0.05, 0.1) is 7.11 Å². The van der Waals surface area contributed by atoms with Crippen molar-refractivity contribution < 1.29 is 9.13 Å². The summed E-state index contributed by atoms with van der Waals surface area (Å²) in [5.74, 6) is 0.889. The maximum absolute atomic E-state index is 13.8. The molecule has 1 aromatic carbocycles. The van der Waals surface area contributed by atoms with E-state index in [1.807, 2.05) is 0 Å². The molecule has 0 fully saturated rings. The van der Waals surface area contributed by atoms with E-state index in [0.717, 1.165) is 6.42 Å². The van der Waals surface area contributed by atoms with E-state index in [1.54, 1.807) is 12.1 Å². The Morgan fingerprint density at radius 2 is 2.05 bits per heavy atom. The van der Waals surface area contributed by atoms with E-state index in [2.05, 4.69) is 26.1 Å². The largest absolute Gasteiger partial charge is 0.497 e. The molecule has 0 aromatic heterocycles. The first kappa shape index (κ1) is 16.3. The van der Waals surface area contributed by atoms with Crippen LogP contribution in [0.15, 0.2) is 18.2 Å². The van der Waals surface area contributed by atoms with E-state index >= 15 is 0 Å². The number of hydrogen-bond acceptors (Lipinski definition) is 2. The topological polar surface area (TPSA) is 21.3 Å². The van der Waals surface area contributed by atoms with Gasteiger partial charge in [-0.25, -0.2) is 4.39 Å². The Morgan fingerprint density at radius 3 is 2.53 bits per heavy atom. The number of rotatable bonds is 6. The number of ether oxygens (including phenoxy) is 1. The Morgan fingerprint density at radius 1 is 1.37 bits per heavy atom. The lowest BCUT2D eigenvalue weighted by atomic mass is 9.85. The SMILES string of the molecule is COc1ccc(CNC(CCCl)C(C)(C)C)c(F)c1. The maximum atomic E-state index is 13.8. The van der Waals surface area contributed by atoms with Crippen molar-refractivity contribution in [3.63, 3.8) is 0 Å². The molecule has 0 saturated carbocycles. The first-order valence-corrected chi connectivity index (χ1v) is 7.03. The number of methoxy groups -OCH3 is 1. The summed E-state index contributed by atoms with van der Waals surface area (Å²) in [7, 11) is 1.53. The van der Waals surface area contributed by atoms with Gasteiger partial charge in [0.2, 0.25) is 0 Å². The van der Waals surface area contributed by atoms with Gasteiger partial charge in [0.15, 0.2) is 0 Å². The van der Waals surface area contributed by atoms with Crippen LogP contribution in [0.25, 0.3) is 0 Å². The minimum Gasteiger partial charge on any atom is -0.497 e. The molecular weight excluding hydrogens is 265 g/mol. The Bertz CT molecular complexity index is 404. The molecule has 1 atom stereocenters. The fourth-order valence-corrected chi connectivity index (χ4v) is 2.20. The molecule has 0 heterocycles. The number of nitrogens with one attached hydrogen (secondary N) is 1. The fourth-order valence-electron chi connectivity index (χ4n) is 1.98. The third-order valence-corrected chi connectivity index (χ3v) is 3.46. The van der Waals surface area contributed by atoms with Crippen LogP contribution in [-0.4, -0.2) is 19.0 Å². The summed E-state index contributed by atoms with van der Waals surface area (Å²) < 4.78 is 18.8. The van der Waals surface area contributed by atoms with Crippen molar-refractivity contribution in [3.05, 3.63) is 29.6 Å². The molecule has 108 valence electrons. The molecule has 0 aliphatic rings. The zero-order chi connectivity index (χ0) is 14.5. The summed E-state index contributed by atoms with van der Waals surface area (Å²) >= 11 is 5.82. The first-order chi connectivity index (χ1) is 8.88. The Hall–Kier alpha value is -0.800. The molecule has 0 aliphatic carbocycles. The number of benzene rings is 1. The normalized spacial score (nSPS) is 13.4. The van der Waals surface area contributed by atoms with Crippen molar-refractivity contribution >= 4 is 11.6 Å². The first-order valence-electron chi connectivity index (χ1n) is 6.50. The van der Waals surface area contributed by atoms with Crippen LogP contribution in [0.2, 0.25) is 0 Å². The van der Waals surface area contributed by atoms with Gasteiger partial charge in [0.1, 0.15) is 11.6 Å². The molecule has 0 bridgehead atoms. The van der Waals surface area contributed by atoms with Crippen molar-refractivity contribution in [3.8, 4) is 5.75 Å². The Balaban J connectivity index is 2.69. The summed E-state index contributed by atoms with van der Waals surface area (Å²) in [6, 6.07) is 5.19. The molecule has 2 nitrogen and oxygen atoms in total. The molecule has 4 heteroatoms. The highest BCUT2D eigenvalue weighted by Crippen LogP contribution is 2.23. The second-order valence-corrected chi connectivity index (χ2v) is 6.11. The maximum Gasteiger partial charge on any atom is 0.131 e. The average molecular weight is 288 g/mol. The minimum atomic E-state index is -0.245. The van der Waals surface area contributed by atoms with Gasteiger partial charge in [-0.15, -0.1) is 11.6 Å². The van der Waals surface area contributed by atoms with E-state index in [-0.39, 0.29) is 17.3 Å². The number of halogens is 2. The van der Waals surface area contributed by atoms with Crippen LogP contribution in [0.1, 0.15) is 32.8 Å². The van der Waals surface area contributed by atoms with Crippen LogP contribution in [0.5, 0.6) is 5.75 Å². The smallest absolute Gasteiger partial charge is 0.131 e. The van der Waals surface area contributed by atoms with Crippen LogP contribution < -0.4 is 10.1 Å². The molecule has 19 heavy (non-hydrogen) atoms. The van der Waals surface area contributed by atoms with Gasteiger partial charge >= 0.3 is 0 Å². The van der Waals surface area contributed by atoms with Crippen molar-refractivity contribution in [2.45, 2.75) is 39.8 Å². The van der Waals surface area contributed by atoms with Crippen LogP contribution >= 0.6 is 11.6 Å². The van der Waals surface area contributed by atoms with E-state index in [0.29, 0.717) is 23.7 Å². The van der Waals surface area contributed by atoms with E-state index in [1.165, 1.54) is 13.2 Å². The van der Waals surface area contributed by atoms with Gasteiger partial charge < -0.3 is 10.1 Å². The summed E-state index contributed by atoms with van der Waals surface area (Å²) in [6.07, 6.45) is 0.864. The molecule has 1 unspecified atom stereocenters. The molecule has 0 spiro atoms. The summed E-state index contributed by atoms with van der Waals surface area (Å²) in [5.41, 5.74) is 0.738. The summed E-state index contributed by atoms with van der Waals surface area (Å²) in [6.45, 7) is 6.96. The van der Waals surface area contributed by atoms with Crippen LogP contribution in [0, 0.1) is 11.2 Å². The highest BCUT2D eigenvalue weighted by atomic mass is 35.5. The Labute approximate surface area is 120 Å². The van der Waals surface area contributed by atoms with Gasteiger partial charge in [0, 0.05) is 30.1 Å². The lowest BCUT2D eigenvalue weighted by Gasteiger charge is -2.31. The summed E-state index contributed by atoms with van der Waals surface area (Å²) in [4.78, 5) is 0. The highest BCUT2D eigenvalue weighted by molar-refractivity contribution is 6.17. The van der Waals surface area contributed by atoms with Gasteiger partial charge in [-0.1, -0.05) is 26.8 Å². The molecule has 1 N–H and O–H groups in total. The van der Waals surface area contributed by atoms with Gasteiger partial charge in [-0.2, -0.15) is 0 Å². The predicted molar refractivity (Wildman–Crippen MR) is 78.4 cm³/mol. The van der Waals surface area contributed by atoms with Crippen molar-refractivity contribution in [1.82, 2.24) is 5.32 Å².